The van der Waals surface area contributed by atoms with Crippen molar-refractivity contribution in [1.82, 2.24) is 9.61 Å². The van der Waals surface area contributed by atoms with Gasteiger partial charge in [0.15, 0.2) is 0 Å². The fourth-order valence-corrected chi connectivity index (χ4v) is 3.91. The number of nitrogens with zero attached hydrogens (tertiary/aromatic N) is 2. The van der Waals surface area contributed by atoms with Gasteiger partial charge in [0.05, 0.1) is 15.3 Å². The van der Waals surface area contributed by atoms with Crippen molar-refractivity contribution in [2.75, 3.05) is 0 Å². The van der Waals surface area contributed by atoms with E-state index < -0.39 is 10.0 Å². The standard InChI is InChI=1S/C17H13N3O2S2/c18-24(21,22)13-8-6-12(7-9-13)16-14-4-1-2-10-20(14)19-17(16)15-5-3-11-23-15/h1-11H,(H2,18,21,22). The monoisotopic (exact) mass is 355 g/mol. The summed E-state index contributed by atoms with van der Waals surface area (Å²) in [5, 5.41) is 11.9. The Hall–Kier alpha value is -2.48. The highest BCUT2D eigenvalue weighted by atomic mass is 32.2. The molecule has 0 fully saturated rings. The SMILES string of the molecule is NS(=O)(=O)c1ccc(-c2c(-c3cccs3)nn3ccccc23)cc1. The smallest absolute Gasteiger partial charge is 0.238 e. The normalized spacial score (nSPS) is 11.9. The lowest BCUT2D eigenvalue weighted by molar-refractivity contribution is 0.598. The molecule has 0 aliphatic heterocycles. The second-order valence-electron chi connectivity index (χ2n) is 5.30. The fraction of sp³-hybridized carbons (Fsp3) is 0. The molecule has 1 aromatic carbocycles. The number of benzene rings is 1. The summed E-state index contributed by atoms with van der Waals surface area (Å²) in [5.74, 6) is 0. The van der Waals surface area contributed by atoms with Gasteiger partial charge in [0.2, 0.25) is 10.0 Å². The van der Waals surface area contributed by atoms with Crippen molar-refractivity contribution < 1.29 is 8.42 Å². The summed E-state index contributed by atoms with van der Waals surface area (Å²) in [6.45, 7) is 0. The first kappa shape index (κ1) is 15.1. The first-order valence-corrected chi connectivity index (χ1v) is 9.61. The van der Waals surface area contributed by atoms with Crippen LogP contribution in [-0.2, 0) is 10.0 Å². The summed E-state index contributed by atoms with van der Waals surface area (Å²) in [4.78, 5) is 1.16. The molecule has 0 spiro atoms. The Bertz CT molecular complexity index is 1110. The number of hydrogen-bond acceptors (Lipinski definition) is 4. The molecule has 3 aromatic heterocycles. The van der Waals surface area contributed by atoms with Crippen LogP contribution >= 0.6 is 11.3 Å². The van der Waals surface area contributed by atoms with Gasteiger partial charge in [-0.25, -0.2) is 18.1 Å². The zero-order valence-corrected chi connectivity index (χ0v) is 14.1. The minimum atomic E-state index is -3.70. The molecule has 24 heavy (non-hydrogen) atoms. The van der Waals surface area contributed by atoms with E-state index in [-0.39, 0.29) is 4.90 Å². The van der Waals surface area contributed by atoms with Crippen molar-refractivity contribution in [3.8, 4) is 21.7 Å². The number of aromatic nitrogens is 2. The van der Waals surface area contributed by atoms with Crippen LogP contribution in [0.3, 0.4) is 0 Å². The van der Waals surface area contributed by atoms with Gasteiger partial charge in [0.1, 0.15) is 5.69 Å². The number of thiophene rings is 1. The topological polar surface area (TPSA) is 77.5 Å². The van der Waals surface area contributed by atoms with Gasteiger partial charge in [-0.15, -0.1) is 11.3 Å². The summed E-state index contributed by atoms with van der Waals surface area (Å²) in [5.41, 5.74) is 3.70. The highest BCUT2D eigenvalue weighted by Crippen LogP contribution is 2.37. The van der Waals surface area contributed by atoms with E-state index in [1.807, 2.05) is 46.4 Å². The van der Waals surface area contributed by atoms with Gasteiger partial charge in [-0.3, -0.25) is 0 Å². The maximum Gasteiger partial charge on any atom is 0.238 e. The van der Waals surface area contributed by atoms with E-state index in [4.69, 9.17) is 5.14 Å². The van der Waals surface area contributed by atoms with Crippen LogP contribution in [0.25, 0.3) is 27.2 Å². The molecular weight excluding hydrogens is 342 g/mol. The molecule has 7 heteroatoms. The molecular formula is C17H13N3O2S2. The van der Waals surface area contributed by atoms with E-state index in [2.05, 4.69) is 5.10 Å². The molecule has 0 saturated carbocycles. The molecule has 4 rings (SSSR count). The Labute approximate surface area is 143 Å². The summed E-state index contributed by atoms with van der Waals surface area (Å²) < 4.78 is 24.8. The summed E-state index contributed by atoms with van der Waals surface area (Å²) in [6, 6.07) is 16.5. The van der Waals surface area contributed by atoms with Crippen LogP contribution in [0.2, 0.25) is 0 Å². The Morgan fingerprint density at radius 3 is 2.46 bits per heavy atom. The molecule has 0 saturated heterocycles. The first-order chi connectivity index (χ1) is 11.5. The maximum atomic E-state index is 11.5. The number of fused-ring (bicyclic) bond motifs is 1. The second kappa shape index (κ2) is 5.55. The number of hydrogen-bond donors (Lipinski definition) is 1. The fourth-order valence-electron chi connectivity index (χ4n) is 2.68. The Kier molecular flexibility index (Phi) is 3.49. The molecule has 120 valence electrons. The maximum absolute atomic E-state index is 11.5. The molecule has 4 aromatic rings. The number of pyridine rings is 1. The molecule has 2 N–H and O–H groups in total. The number of primary sulfonamides is 1. The third-order valence-electron chi connectivity index (χ3n) is 3.77. The first-order valence-electron chi connectivity index (χ1n) is 7.18. The van der Waals surface area contributed by atoms with Crippen molar-refractivity contribution in [2.45, 2.75) is 4.90 Å². The zero-order valence-electron chi connectivity index (χ0n) is 12.5. The lowest BCUT2D eigenvalue weighted by atomic mass is 10.0. The summed E-state index contributed by atoms with van der Waals surface area (Å²) in [7, 11) is -3.70. The molecule has 0 atom stereocenters. The van der Waals surface area contributed by atoms with Gasteiger partial charge in [0, 0.05) is 11.8 Å². The van der Waals surface area contributed by atoms with Crippen LogP contribution in [0.5, 0.6) is 0 Å². The van der Waals surface area contributed by atoms with Crippen molar-refractivity contribution >= 4 is 26.9 Å². The predicted octanol–water partition coefficient (Wildman–Crippen LogP) is 3.38. The number of sulfonamides is 1. The Balaban J connectivity index is 1.97. The van der Waals surface area contributed by atoms with Gasteiger partial charge >= 0.3 is 0 Å². The minimum absolute atomic E-state index is 0.0976. The van der Waals surface area contributed by atoms with E-state index in [0.717, 1.165) is 27.2 Å². The van der Waals surface area contributed by atoms with E-state index in [9.17, 15) is 8.42 Å². The molecule has 0 unspecified atom stereocenters. The lowest BCUT2D eigenvalue weighted by Gasteiger charge is -2.04. The van der Waals surface area contributed by atoms with Gasteiger partial charge < -0.3 is 0 Å². The molecule has 0 amide bonds. The highest BCUT2D eigenvalue weighted by Gasteiger charge is 2.17. The van der Waals surface area contributed by atoms with E-state index >= 15 is 0 Å². The highest BCUT2D eigenvalue weighted by molar-refractivity contribution is 7.89. The van der Waals surface area contributed by atoms with Crippen molar-refractivity contribution in [3.05, 3.63) is 66.2 Å². The molecule has 0 bridgehead atoms. The average Bonchev–Trinajstić information content (AvgIpc) is 3.21. The van der Waals surface area contributed by atoms with Gasteiger partial charge in [-0.05, 0) is 41.3 Å². The van der Waals surface area contributed by atoms with Crippen molar-refractivity contribution in [1.29, 1.82) is 0 Å². The van der Waals surface area contributed by atoms with E-state index in [1.165, 1.54) is 12.1 Å². The molecule has 5 nitrogen and oxygen atoms in total. The third-order valence-corrected chi connectivity index (χ3v) is 5.57. The van der Waals surface area contributed by atoms with Crippen molar-refractivity contribution in [3.63, 3.8) is 0 Å². The quantitative estimate of drug-likeness (QED) is 0.612. The van der Waals surface area contributed by atoms with Crippen LogP contribution in [0.4, 0.5) is 0 Å². The van der Waals surface area contributed by atoms with Crippen molar-refractivity contribution in [2.24, 2.45) is 5.14 Å². The zero-order chi connectivity index (χ0) is 16.7. The molecule has 0 aliphatic carbocycles. The Morgan fingerprint density at radius 2 is 1.79 bits per heavy atom. The molecule has 3 heterocycles. The largest absolute Gasteiger partial charge is 0.240 e. The van der Waals surface area contributed by atoms with Gasteiger partial charge in [-0.2, -0.15) is 5.10 Å². The van der Waals surface area contributed by atoms with Crippen LogP contribution in [0.15, 0.2) is 71.1 Å². The number of rotatable bonds is 3. The summed E-state index contributed by atoms with van der Waals surface area (Å²) >= 11 is 1.62. The molecule has 0 radical (unpaired) electrons. The van der Waals surface area contributed by atoms with E-state index in [1.54, 1.807) is 23.5 Å². The van der Waals surface area contributed by atoms with Crippen LogP contribution < -0.4 is 5.14 Å². The third kappa shape index (κ3) is 2.52. The minimum Gasteiger partial charge on any atom is -0.240 e. The van der Waals surface area contributed by atoms with Gasteiger partial charge in [0.25, 0.3) is 0 Å². The molecule has 0 aliphatic rings. The number of nitrogens with two attached hydrogens (primary N) is 1. The Morgan fingerprint density at radius 1 is 1.00 bits per heavy atom. The summed E-state index contributed by atoms with van der Waals surface area (Å²) in [6.07, 6.45) is 1.90. The van der Waals surface area contributed by atoms with Crippen LogP contribution in [-0.4, -0.2) is 18.0 Å². The average molecular weight is 355 g/mol. The van der Waals surface area contributed by atoms with Crippen LogP contribution in [0, 0.1) is 0 Å². The van der Waals surface area contributed by atoms with Gasteiger partial charge in [-0.1, -0.05) is 24.3 Å². The van der Waals surface area contributed by atoms with Crippen LogP contribution in [0.1, 0.15) is 0 Å². The second-order valence-corrected chi connectivity index (χ2v) is 7.81. The van der Waals surface area contributed by atoms with E-state index in [0.29, 0.717) is 0 Å². The predicted molar refractivity (Wildman–Crippen MR) is 95.3 cm³/mol. The lowest BCUT2D eigenvalue weighted by Crippen LogP contribution is -2.11.